The highest BCUT2D eigenvalue weighted by Crippen LogP contribution is 2.40. The molecular formula is C12H14BrClN2O2S2. The van der Waals surface area contributed by atoms with Gasteiger partial charge in [-0.2, -0.15) is 0 Å². The number of rotatable bonds is 1. The largest absolute Gasteiger partial charge is 0.316 e. The van der Waals surface area contributed by atoms with Crippen molar-refractivity contribution in [3.63, 3.8) is 0 Å². The highest BCUT2D eigenvalue weighted by Gasteiger charge is 2.48. The average Bonchev–Trinajstić information content (AvgIpc) is 2.73. The van der Waals surface area contributed by atoms with Crippen molar-refractivity contribution in [2.24, 2.45) is 0 Å². The molecule has 1 N–H and O–H groups in total. The summed E-state index contributed by atoms with van der Waals surface area (Å²) in [7, 11) is -2.98. The minimum atomic E-state index is -2.98. The molecule has 0 radical (unpaired) electrons. The lowest BCUT2D eigenvalue weighted by Crippen LogP contribution is -2.37. The molecule has 3 rings (SSSR count). The maximum absolute atomic E-state index is 11.7. The van der Waals surface area contributed by atoms with E-state index in [1.54, 1.807) is 11.0 Å². The van der Waals surface area contributed by atoms with Gasteiger partial charge in [0.15, 0.2) is 15.0 Å². The lowest BCUT2D eigenvalue weighted by molar-refractivity contribution is 0.601. The lowest BCUT2D eigenvalue weighted by Gasteiger charge is -2.24. The van der Waals surface area contributed by atoms with Crippen LogP contribution >= 0.6 is 40.3 Å². The number of hydrogen-bond donors (Lipinski definition) is 1. The van der Waals surface area contributed by atoms with Gasteiger partial charge in [0.25, 0.3) is 0 Å². The molecular weight excluding hydrogens is 384 g/mol. The van der Waals surface area contributed by atoms with Crippen molar-refractivity contribution in [1.29, 1.82) is 5.41 Å². The zero-order valence-corrected chi connectivity index (χ0v) is 14.8. The Hall–Kier alpha value is -0.240. The lowest BCUT2D eigenvalue weighted by atomic mass is 10.1. The number of halogens is 2. The third-order valence-electron chi connectivity index (χ3n) is 3.52. The van der Waals surface area contributed by atoms with Crippen molar-refractivity contribution in [3.05, 3.63) is 28.8 Å². The summed E-state index contributed by atoms with van der Waals surface area (Å²) in [6.07, 6.45) is 0. The van der Waals surface area contributed by atoms with Crippen LogP contribution in [-0.2, 0) is 9.84 Å². The molecule has 4 nitrogen and oxygen atoms in total. The van der Waals surface area contributed by atoms with Gasteiger partial charge >= 0.3 is 0 Å². The summed E-state index contributed by atoms with van der Waals surface area (Å²) in [5.74, 6) is 0.291. The van der Waals surface area contributed by atoms with Crippen LogP contribution < -0.4 is 4.90 Å². The second-order valence-electron chi connectivity index (χ2n) is 4.91. The number of nitrogens with one attached hydrogen (secondary N) is 1. The number of thioether (sulfide) groups is 1. The normalized spacial score (nSPS) is 27.3. The summed E-state index contributed by atoms with van der Waals surface area (Å²) < 4.78 is 23.4. The van der Waals surface area contributed by atoms with Crippen LogP contribution in [0.15, 0.2) is 18.2 Å². The predicted molar refractivity (Wildman–Crippen MR) is 90.5 cm³/mol. The van der Waals surface area contributed by atoms with Crippen LogP contribution in [0, 0.1) is 12.3 Å². The Bertz CT molecular complexity index is 665. The summed E-state index contributed by atoms with van der Waals surface area (Å²) in [5, 5.41) is 9.06. The number of amidine groups is 1. The Morgan fingerprint density at radius 3 is 2.75 bits per heavy atom. The Morgan fingerprint density at radius 1 is 1.40 bits per heavy atom. The minimum Gasteiger partial charge on any atom is -0.316 e. The summed E-state index contributed by atoms with van der Waals surface area (Å²) in [4.78, 5) is 1.80. The molecule has 0 spiro atoms. The molecule has 2 unspecified atom stereocenters. The van der Waals surface area contributed by atoms with Gasteiger partial charge in [-0.1, -0.05) is 29.4 Å². The van der Waals surface area contributed by atoms with Crippen LogP contribution in [0.4, 0.5) is 5.69 Å². The Labute approximate surface area is 138 Å². The minimum absolute atomic E-state index is 0. The highest BCUT2D eigenvalue weighted by molar-refractivity contribution is 8.93. The fourth-order valence-corrected chi connectivity index (χ4v) is 6.51. The Morgan fingerprint density at radius 2 is 2.10 bits per heavy atom. The molecule has 0 saturated carbocycles. The molecule has 0 aliphatic carbocycles. The van der Waals surface area contributed by atoms with Crippen LogP contribution in [0.1, 0.15) is 5.56 Å². The smallest absolute Gasteiger partial charge is 0.161 e. The van der Waals surface area contributed by atoms with Gasteiger partial charge in [0.05, 0.1) is 17.5 Å². The van der Waals surface area contributed by atoms with Crippen LogP contribution in [0.2, 0.25) is 5.02 Å². The number of benzene rings is 1. The Balaban J connectivity index is 0.00000147. The Kier molecular flexibility index (Phi) is 4.45. The highest BCUT2D eigenvalue weighted by atomic mass is 79.9. The molecule has 2 saturated heterocycles. The molecule has 2 fully saturated rings. The van der Waals surface area contributed by atoms with Crippen LogP contribution in [0.25, 0.3) is 0 Å². The summed E-state index contributed by atoms with van der Waals surface area (Å²) in [6.45, 7) is 1.92. The SMILES string of the molecule is Br.Cc1ccc(N2C(=N)SC3CS(=O)(=O)CC32)cc1Cl. The first-order valence-corrected chi connectivity index (χ1v) is 8.96. The molecule has 1 aromatic rings. The molecule has 0 aromatic heterocycles. The first-order valence-electron chi connectivity index (χ1n) is 5.88. The van der Waals surface area contributed by atoms with Crippen molar-refractivity contribution >= 4 is 61.0 Å². The van der Waals surface area contributed by atoms with Crippen molar-refractivity contribution in [3.8, 4) is 0 Å². The third-order valence-corrected chi connectivity index (χ3v) is 7.06. The number of hydrogen-bond acceptors (Lipinski definition) is 4. The second-order valence-corrected chi connectivity index (χ2v) is 8.70. The van der Waals surface area contributed by atoms with Crippen molar-refractivity contribution < 1.29 is 8.42 Å². The average molecular weight is 398 g/mol. The number of fused-ring (bicyclic) bond motifs is 1. The summed E-state index contributed by atoms with van der Waals surface area (Å²) in [5.41, 5.74) is 1.78. The molecule has 0 bridgehead atoms. The van der Waals surface area contributed by atoms with E-state index < -0.39 is 9.84 Å². The molecule has 20 heavy (non-hydrogen) atoms. The number of nitrogens with zero attached hydrogens (tertiary/aromatic N) is 1. The van der Waals surface area contributed by atoms with Gasteiger partial charge in [-0.05, 0) is 24.6 Å². The molecule has 2 atom stereocenters. The van der Waals surface area contributed by atoms with E-state index >= 15 is 0 Å². The summed E-state index contributed by atoms with van der Waals surface area (Å²) in [6, 6.07) is 5.45. The molecule has 2 heterocycles. The van der Waals surface area contributed by atoms with Gasteiger partial charge in [-0.15, -0.1) is 17.0 Å². The van der Waals surface area contributed by atoms with Crippen LogP contribution in [0.5, 0.6) is 0 Å². The first-order chi connectivity index (χ1) is 8.87. The topological polar surface area (TPSA) is 61.2 Å². The monoisotopic (exact) mass is 396 g/mol. The molecule has 2 aliphatic heterocycles. The molecule has 1 aromatic carbocycles. The van der Waals surface area contributed by atoms with E-state index in [2.05, 4.69) is 0 Å². The molecule has 2 aliphatic rings. The molecule has 0 amide bonds. The maximum atomic E-state index is 11.7. The van der Waals surface area contributed by atoms with E-state index in [9.17, 15) is 8.42 Å². The van der Waals surface area contributed by atoms with Crippen LogP contribution in [-0.4, -0.2) is 36.4 Å². The standard InChI is InChI=1S/C12H13ClN2O2S2.BrH/c1-7-2-3-8(4-9(7)13)15-10-5-19(16,17)6-11(10)18-12(15)14;/h2-4,10-11,14H,5-6H2,1H3;1H. The van der Waals surface area contributed by atoms with E-state index in [1.165, 1.54) is 11.8 Å². The van der Waals surface area contributed by atoms with E-state index in [1.807, 2.05) is 19.1 Å². The van der Waals surface area contributed by atoms with E-state index in [0.717, 1.165) is 11.3 Å². The van der Waals surface area contributed by atoms with Gasteiger partial charge in [0.1, 0.15) is 0 Å². The summed E-state index contributed by atoms with van der Waals surface area (Å²) >= 11 is 7.46. The first kappa shape index (κ1) is 16.1. The maximum Gasteiger partial charge on any atom is 0.161 e. The van der Waals surface area contributed by atoms with Crippen molar-refractivity contribution in [1.82, 2.24) is 0 Å². The van der Waals surface area contributed by atoms with E-state index in [4.69, 9.17) is 17.0 Å². The molecule has 8 heteroatoms. The predicted octanol–water partition coefficient (Wildman–Crippen LogP) is 2.88. The van der Waals surface area contributed by atoms with Crippen LogP contribution in [0.3, 0.4) is 0 Å². The zero-order chi connectivity index (χ0) is 13.8. The van der Waals surface area contributed by atoms with Gasteiger partial charge < -0.3 is 4.90 Å². The number of sulfone groups is 1. The zero-order valence-electron chi connectivity index (χ0n) is 10.7. The van der Waals surface area contributed by atoms with Crippen molar-refractivity contribution in [2.75, 3.05) is 16.4 Å². The fourth-order valence-electron chi connectivity index (χ4n) is 2.54. The van der Waals surface area contributed by atoms with Gasteiger partial charge in [-0.25, -0.2) is 8.42 Å². The number of aryl methyl sites for hydroxylation is 1. The van der Waals surface area contributed by atoms with Gasteiger partial charge in [-0.3, -0.25) is 5.41 Å². The fraction of sp³-hybridized carbons (Fsp3) is 0.417. The number of anilines is 1. The quantitative estimate of drug-likeness (QED) is 0.791. The van der Waals surface area contributed by atoms with Gasteiger partial charge in [0, 0.05) is 16.0 Å². The molecule has 110 valence electrons. The van der Waals surface area contributed by atoms with Crippen molar-refractivity contribution in [2.45, 2.75) is 18.2 Å². The van der Waals surface area contributed by atoms with E-state index in [0.29, 0.717) is 10.2 Å². The second kappa shape index (κ2) is 5.51. The third kappa shape index (κ3) is 2.73. The van der Waals surface area contributed by atoms with E-state index in [-0.39, 0.29) is 39.8 Å². The van der Waals surface area contributed by atoms with Gasteiger partial charge in [0.2, 0.25) is 0 Å².